The number of nitrogens with zero attached hydrogens (tertiary/aromatic N) is 1. The molecule has 0 fully saturated rings. The SMILES string of the molecule is COC(=O)C1(c2cccc(F)c2C)CCc2[nH]n(CC(F)(F)F)c(=O)c2CC1. The van der Waals surface area contributed by atoms with E-state index in [2.05, 4.69) is 5.10 Å². The predicted octanol–water partition coefficient (Wildman–Crippen LogP) is 3.18. The van der Waals surface area contributed by atoms with Crippen LogP contribution in [0.4, 0.5) is 17.6 Å². The second-order valence-corrected chi connectivity index (χ2v) is 7.06. The summed E-state index contributed by atoms with van der Waals surface area (Å²) in [5.74, 6) is -1.02. The number of ether oxygens (including phenoxy) is 1. The Morgan fingerprint density at radius 3 is 2.61 bits per heavy atom. The van der Waals surface area contributed by atoms with Gasteiger partial charge in [0.1, 0.15) is 12.4 Å². The molecule has 0 saturated carbocycles. The molecule has 3 rings (SSSR count). The summed E-state index contributed by atoms with van der Waals surface area (Å²) >= 11 is 0. The van der Waals surface area contributed by atoms with Gasteiger partial charge in [-0.25, -0.2) is 9.07 Å². The summed E-state index contributed by atoms with van der Waals surface area (Å²) < 4.78 is 57.7. The second-order valence-electron chi connectivity index (χ2n) is 7.06. The number of halogens is 4. The monoisotopic (exact) mass is 400 g/mol. The van der Waals surface area contributed by atoms with Crippen LogP contribution in [0.2, 0.25) is 0 Å². The third kappa shape index (κ3) is 3.45. The number of aryl methyl sites for hydroxylation is 1. The average Bonchev–Trinajstić information content (AvgIpc) is 2.79. The summed E-state index contributed by atoms with van der Waals surface area (Å²) in [4.78, 5) is 25.1. The summed E-state index contributed by atoms with van der Waals surface area (Å²) in [7, 11) is 1.24. The molecule has 0 amide bonds. The quantitative estimate of drug-likeness (QED) is 0.489. The van der Waals surface area contributed by atoms with Crippen molar-refractivity contribution in [3.63, 3.8) is 0 Å². The molecular formula is C19H20F4N2O3. The van der Waals surface area contributed by atoms with Gasteiger partial charge in [-0.1, -0.05) is 12.1 Å². The van der Waals surface area contributed by atoms with Crippen molar-refractivity contribution in [3.05, 3.63) is 56.8 Å². The summed E-state index contributed by atoms with van der Waals surface area (Å²) in [6.07, 6.45) is -3.96. The molecule has 0 radical (unpaired) electrons. The molecule has 1 heterocycles. The lowest BCUT2D eigenvalue weighted by atomic mass is 9.72. The van der Waals surface area contributed by atoms with E-state index in [1.807, 2.05) is 0 Å². The van der Waals surface area contributed by atoms with Crippen molar-refractivity contribution in [1.29, 1.82) is 0 Å². The third-order valence-electron chi connectivity index (χ3n) is 5.44. The highest BCUT2D eigenvalue weighted by molar-refractivity contribution is 5.84. The molecule has 1 aromatic carbocycles. The van der Waals surface area contributed by atoms with Gasteiger partial charge in [-0.05, 0) is 49.8 Å². The number of fused-ring (bicyclic) bond motifs is 1. The minimum atomic E-state index is -4.53. The summed E-state index contributed by atoms with van der Waals surface area (Å²) in [5, 5.41) is 2.53. The van der Waals surface area contributed by atoms with Crippen molar-refractivity contribution >= 4 is 5.97 Å². The number of carbonyl (C=O) groups excluding carboxylic acids is 1. The number of esters is 1. The van der Waals surface area contributed by atoms with Crippen molar-refractivity contribution < 1.29 is 27.1 Å². The zero-order valence-corrected chi connectivity index (χ0v) is 15.5. The van der Waals surface area contributed by atoms with Crippen molar-refractivity contribution in [3.8, 4) is 0 Å². The number of rotatable bonds is 3. The summed E-state index contributed by atoms with van der Waals surface area (Å²) in [6, 6.07) is 4.44. The number of benzene rings is 1. The fourth-order valence-corrected chi connectivity index (χ4v) is 4.03. The number of aromatic amines is 1. The Bertz CT molecular complexity index is 961. The molecule has 2 aromatic rings. The number of hydrogen-bond donors (Lipinski definition) is 1. The first-order chi connectivity index (χ1) is 13.1. The Labute approximate surface area is 158 Å². The molecule has 1 N–H and O–H groups in total. The van der Waals surface area contributed by atoms with E-state index < -0.39 is 35.5 Å². The number of H-pyrrole nitrogens is 1. The molecule has 0 bridgehead atoms. The Kier molecular flexibility index (Phi) is 5.12. The Balaban J connectivity index is 2.02. The highest BCUT2D eigenvalue weighted by Gasteiger charge is 2.44. The van der Waals surface area contributed by atoms with E-state index >= 15 is 0 Å². The van der Waals surface area contributed by atoms with Crippen LogP contribution >= 0.6 is 0 Å². The smallest absolute Gasteiger partial charge is 0.408 e. The van der Waals surface area contributed by atoms with E-state index in [1.165, 1.54) is 19.2 Å². The molecule has 28 heavy (non-hydrogen) atoms. The Morgan fingerprint density at radius 2 is 1.96 bits per heavy atom. The standard InChI is InChI=1S/C19H20F4N2O3/c1-11-13(4-3-5-14(11)20)18(17(27)28-2)8-6-12-15(7-9-18)24-25(16(12)26)10-19(21,22)23/h3-5,24H,6-10H2,1-2H3. The maximum Gasteiger partial charge on any atom is 0.408 e. The molecule has 0 saturated heterocycles. The largest absolute Gasteiger partial charge is 0.468 e. The Hall–Kier alpha value is -2.58. The first-order valence-electron chi connectivity index (χ1n) is 8.80. The Morgan fingerprint density at radius 1 is 1.29 bits per heavy atom. The number of alkyl halides is 3. The lowest BCUT2D eigenvalue weighted by molar-refractivity contribution is -0.148. The van der Waals surface area contributed by atoms with E-state index in [0.717, 1.165) is 0 Å². The van der Waals surface area contributed by atoms with Gasteiger partial charge in [0.05, 0.1) is 12.5 Å². The molecule has 1 atom stereocenters. The van der Waals surface area contributed by atoms with Gasteiger partial charge in [-0.2, -0.15) is 13.2 Å². The first-order valence-corrected chi connectivity index (χ1v) is 8.80. The molecule has 152 valence electrons. The maximum atomic E-state index is 14.1. The number of hydrogen-bond acceptors (Lipinski definition) is 3. The lowest BCUT2D eigenvalue weighted by Gasteiger charge is -2.31. The van der Waals surface area contributed by atoms with Crippen LogP contribution in [0.5, 0.6) is 0 Å². The fraction of sp³-hybridized carbons (Fsp3) is 0.474. The van der Waals surface area contributed by atoms with Gasteiger partial charge in [0.15, 0.2) is 0 Å². The third-order valence-corrected chi connectivity index (χ3v) is 5.44. The van der Waals surface area contributed by atoms with Crippen LogP contribution in [-0.4, -0.2) is 29.0 Å². The highest BCUT2D eigenvalue weighted by Crippen LogP contribution is 2.40. The molecule has 1 aromatic heterocycles. The van der Waals surface area contributed by atoms with E-state index in [4.69, 9.17) is 4.74 Å². The molecule has 0 spiro atoms. The molecule has 1 aliphatic rings. The minimum Gasteiger partial charge on any atom is -0.468 e. The minimum absolute atomic E-state index is 0.0839. The van der Waals surface area contributed by atoms with E-state index in [9.17, 15) is 27.2 Å². The zero-order chi connectivity index (χ0) is 20.7. The second kappa shape index (κ2) is 7.10. The molecule has 1 unspecified atom stereocenters. The van der Waals surface area contributed by atoms with Gasteiger partial charge < -0.3 is 4.74 Å². The molecule has 1 aliphatic carbocycles. The topological polar surface area (TPSA) is 64.1 Å². The number of carbonyl (C=O) groups is 1. The number of methoxy groups -OCH3 is 1. The van der Waals surface area contributed by atoms with Crippen LogP contribution < -0.4 is 5.56 Å². The summed E-state index contributed by atoms with van der Waals surface area (Å²) in [5.41, 5.74) is -0.544. The normalized spacial score (nSPS) is 19.8. The van der Waals surface area contributed by atoms with Crippen LogP contribution in [0.15, 0.2) is 23.0 Å². The van der Waals surface area contributed by atoms with Gasteiger partial charge in [0.25, 0.3) is 5.56 Å². The number of aromatic nitrogens is 2. The average molecular weight is 400 g/mol. The van der Waals surface area contributed by atoms with Gasteiger partial charge in [0.2, 0.25) is 0 Å². The van der Waals surface area contributed by atoms with Crippen molar-refractivity contribution in [2.24, 2.45) is 0 Å². The highest BCUT2D eigenvalue weighted by atomic mass is 19.4. The van der Waals surface area contributed by atoms with E-state index in [1.54, 1.807) is 13.0 Å². The molecule has 0 aliphatic heterocycles. The van der Waals surface area contributed by atoms with Gasteiger partial charge in [-0.15, -0.1) is 0 Å². The van der Waals surface area contributed by atoms with E-state index in [-0.39, 0.29) is 31.2 Å². The van der Waals surface area contributed by atoms with Crippen LogP contribution in [0.1, 0.15) is 35.2 Å². The van der Waals surface area contributed by atoms with Gasteiger partial charge in [0, 0.05) is 11.3 Å². The zero-order valence-electron chi connectivity index (χ0n) is 15.5. The lowest BCUT2D eigenvalue weighted by Crippen LogP contribution is -2.38. The molecule has 5 nitrogen and oxygen atoms in total. The van der Waals surface area contributed by atoms with Crippen molar-refractivity contribution in [2.75, 3.05) is 7.11 Å². The van der Waals surface area contributed by atoms with Crippen LogP contribution in [0, 0.1) is 12.7 Å². The molecule has 9 heteroatoms. The van der Waals surface area contributed by atoms with Crippen LogP contribution in [-0.2, 0) is 34.3 Å². The van der Waals surface area contributed by atoms with Crippen LogP contribution in [0.25, 0.3) is 0 Å². The van der Waals surface area contributed by atoms with E-state index in [0.29, 0.717) is 21.5 Å². The van der Waals surface area contributed by atoms with Crippen molar-refractivity contribution in [2.45, 2.75) is 50.7 Å². The predicted molar refractivity (Wildman–Crippen MR) is 92.6 cm³/mol. The fourth-order valence-electron chi connectivity index (χ4n) is 4.03. The molecular weight excluding hydrogens is 380 g/mol. The summed E-state index contributed by atoms with van der Waals surface area (Å²) in [6.45, 7) is 0.166. The van der Waals surface area contributed by atoms with Crippen molar-refractivity contribution in [1.82, 2.24) is 9.78 Å². The van der Waals surface area contributed by atoms with Gasteiger partial charge >= 0.3 is 12.1 Å². The van der Waals surface area contributed by atoms with Gasteiger partial charge in [-0.3, -0.25) is 14.7 Å². The maximum absolute atomic E-state index is 14.1. The van der Waals surface area contributed by atoms with Crippen LogP contribution in [0.3, 0.4) is 0 Å². The number of nitrogens with one attached hydrogen (secondary N) is 1. The first kappa shape index (κ1) is 20.2.